The monoisotopic (exact) mass is 318 g/mol. The van der Waals surface area contributed by atoms with E-state index in [2.05, 4.69) is 19.2 Å². The second-order valence-corrected chi connectivity index (χ2v) is 10.0. The van der Waals surface area contributed by atoms with Crippen molar-refractivity contribution in [3.63, 3.8) is 0 Å². The summed E-state index contributed by atoms with van der Waals surface area (Å²) in [5.41, 5.74) is -0.0545. The number of sulfonamides is 1. The van der Waals surface area contributed by atoms with E-state index in [1.807, 2.05) is 26.8 Å². The van der Waals surface area contributed by atoms with Crippen molar-refractivity contribution in [3.05, 3.63) is 17.0 Å². The summed E-state index contributed by atoms with van der Waals surface area (Å²) in [6.45, 7) is 11.5. The van der Waals surface area contributed by atoms with Crippen molar-refractivity contribution in [2.45, 2.75) is 51.4 Å². The van der Waals surface area contributed by atoms with Gasteiger partial charge in [0.05, 0.1) is 0 Å². The average Bonchev–Trinajstić information content (AvgIpc) is 2.72. The van der Waals surface area contributed by atoms with Gasteiger partial charge in [-0.1, -0.05) is 34.6 Å². The van der Waals surface area contributed by atoms with E-state index in [4.69, 9.17) is 0 Å². The summed E-state index contributed by atoms with van der Waals surface area (Å²) in [5.74, 6) is 0. The maximum atomic E-state index is 12.5. The molecule has 1 aromatic rings. The van der Waals surface area contributed by atoms with Crippen LogP contribution in [0, 0.1) is 5.41 Å². The smallest absolute Gasteiger partial charge is 0.252 e. The molecule has 0 atom stereocenters. The highest BCUT2D eigenvalue weighted by molar-refractivity contribution is 7.91. The third-order valence-electron chi connectivity index (χ3n) is 2.68. The first-order valence-corrected chi connectivity index (χ1v) is 9.06. The predicted octanol–water partition coefficient (Wildman–Crippen LogP) is 2.91. The molecule has 20 heavy (non-hydrogen) atoms. The topological polar surface area (TPSA) is 49.4 Å². The molecule has 0 amide bonds. The zero-order valence-electron chi connectivity index (χ0n) is 13.2. The molecule has 1 heterocycles. The number of thiophene rings is 1. The maximum Gasteiger partial charge on any atom is 0.252 e. The van der Waals surface area contributed by atoms with Gasteiger partial charge in [0.15, 0.2) is 0 Å². The van der Waals surface area contributed by atoms with E-state index in [1.165, 1.54) is 15.6 Å². The molecule has 0 aliphatic heterocycles. The largest absolute Gasteiger partial charge is 0.310 e. The van der Waals surface area contributed by atoms with Crippen LogP contribution in [0.1, 0.15) is 39.5 Å². The predicted molar refractivity (Wildman–Crippen MR) is 85.6 cm³/mol. The van der Waals surface area contributed by atoms with Crippen LogP contribution in [0.3, 0.4) is 0 Å². The molecule has 1 rings (SSSR count). The highest BCUT2D eigenvalue weighted by Crippen LogP contribution is 2.26. The van der Waals surface area contributed by atoms with Crippen molar-refractivity contribution in [3.8, 4) is 0 Å². The van der Waals surface area contributed by atoms with E-state index < -0.39 is 10.0 Å². The molecular formula is C14H26N2O2S2. The molecule has 0 aromatic carbocycles. The Morgan fingerprint density at radius 2 is 1.90 bits per heavy atom. The summed E-state index contributed by atoms with van der Waals surface area (Å²) in [7, 11) is -1.72. The van der Waals surface area contributed by atoms with Gasteiger partial charge in [0.1, 0.15) is 4.21 Å². The maximum absolute atomic E-state index is 12.5. The Bertz CT molecular complexity index is 528. The molecule has 0 fully saturated rings. The van der Waals surface area contributed by atoms with Gasteiger partial charge in [0, 0.05) is 31.1 Å². The number of hydrogen-bond acceptors (Lipinski definition) is 4. The van der Waals surface area contributed by atoms with Crippen molar-refractivity contribution in [1.29, 1.82) is 0 Å². The SMILES string of the molecule is CC(C)NCc1ccc(S(=O)(=O)N(C)CC(C)(C)C)s1. The standard InChI is InChI=1S/C14H26N2O2S2/c1-11(2)15-9-12-7-8-13(19-12)20(17,18)16(6)10-14(3,4)5/h7-8,11,15H,9-10H2,1-6H3. The minimum absolute atomic E-state index is 0.0545. The Hall–Kier alpha value is -0.430. The van der Waals surface area contributed by atoms with Gasteiger partial charge in [-0.15, -0.1) is 11.3 Å². The highest BCUT2D eigenvalue weighted by Gasteiger charge is 2.26. The van der Waals surface area contributed by atoms with Crippen molar-refractivity contribution in [2.75, 3.05) is 13.6 Å². The van der Waals surface area contributed by atoms with Gasteiger partial charge in [-0.2, -0.15) is 4.31 Å². The summed E-state index contributed by atoms with van der Waals surface area (Å²) in [5, 5.41) is 3.30. The van der Waals surface area contributed by atoms with Crippen molar-refractivity contribution < 1.29 is 8.42 Å². The average molecular weight is 319 g/mol. The van der Waals surface area contributed by atoms with Gasteiger partial charge in [-0.05, 0) is 17.5 Å². The lowest BCUT2D eigenvalue weighted by atomic mass is 9.97. The minimum atomic E-state index is -3.37. The fourth-order valence-corrected chi connectivity index (χ4v) is 4.72. The van der Waals surface area contributed by atoms with Crippen LogP contribution in [-0.2, 0) is 16.6 Å². The second-order valence-electron chi connectivity index (χ2n) is 6.58. The van der Waals surface area contributed by atoms with Crippen molar-refractivity contribution >= 4 is 21.4 Å². The van der Waals surface area contributed by atoms with E-state index in [1.54, 1.807) is 13.1 Å². The first-order chi connectivity index (χ1) is 9.02. The van der Waals surface area contributed by atoms with Crippen LogP contribution >= 0.6 is 11.3 Å². The van der Waals surface area contributed by atoms with Crippen LogP contribution < -0.4 is 5.32 Å². The van der Waals surface area contributed by atoms with Gasteiger partial charge in [-0.3, -0.25) is 0 Å². The molecule has 116 valence electrons. The number of hydrogen-bond donors (Lipinski definition) is 1. The fourth-order valence-electron chi connectivity index (χ4n) is 1.80. The minimum Gasteiger partial charge on any atom is -0.310 e. The Kier molecular flexibility index (Phi) is 5.78. The van der Waals surface area contributed by atoms with Crippen molar-refractivity contribution in [2.24, 2.45) is 5.41 Å². The normalized spacial score (nSPS) is 13.4. The van der Waals surface area contributed by atoms with Gasteiger partial charge in [-0.25, -0.2) is 8.42 Å². The van der Waals surface area contributed by atoms with Gasteiger partial charge in [0.2, 0.25) is 0 Å². The molecule has 1 N–H and O–H groups in total. The van der Waals surface area contributed by atoms with Crippen molar-refractivity contribution in [1.82, 2.24) is 9.62 Å². The fraction of sp³-hybridized carbons (Fsp3) is 0.714. The molecule has 0 unspecified atom stereocenters. The third kappa shape index (κ3) is 5.16. The Balaban J connectivity index is 2.83. The zero-order chi connectivity index (χ0) is 15.6. The van der Waals surface area contributed by atoms with Crippen LogP contribution in [0.25, 0.3) is 0 Å². The molecule has 0 aliphatic carbocycles. The molecule has 4 nitrogen and oxygen atoms in total. The van der Waals surface area contributed by atoms with Crippen LogP contribution in [0.4, 0.5) is 0 Å². The molecule has 0 aliphatic rings. The first-order valence-electron chi connectivity index (χ1n) is 6.81. The zero-order valence-corrected chi connectivity index (χ0v) is 14.9. The molecule has 0 saturated heterocycles. The Morgan fingerprint density at radius 3 is 2.40 bits per heavy atom. The molecular weight excluding hydrogens is 292 g/mol. The quantitative estimate of drug-likeness (QED) is 0.877. The highest BCUT2D eigenvalue weighted by atomic mass is 32.2. The number of rotatable bonds is 6. The van der Waals surface area contributed by atoms with E-state index in [-0.39, 0.29) is 5.41 Å². The van der Waals surface area contributed by atoms with E-state index >= 15 is 0 Å². The molecule has 0 spiro atoms. The molecule has 1 aromatic heterocycles. The van der Waals surface area contributed by atoms with E-state index in [0.717, 1.165) is 4.88 Å². The van der Waals surface area contributed by atoms with Crippen LogP contribution in [0.15, 0.2) is 16.3 Å². The second kappa shape index (κ2) is 6.56. The van der Waals surface area contributed by atoms with Crippen LogP contribution in [0.5, 0.6) is 0 Å². The van der Waals surface area contributed by atoms with Crippen LogP contribution in [-0.4, -0.2) is 32.4 Å². The Labute approximate surface area is 127 Å². The number of nitrogens with zero attached hydrogens (tertiary/aromatic N) is 1. The summed E-state index contributed by atoms with van der Waals surface area (Å²) in [6.07, 6.45) is 0. The Morgan fingerprint density at radius 1 is 1.30 bits per heavy atom. The lowest BCUT2D eigenvalue weighted by Gasteiger charge is -2.25. The lowest BCUT2D eigenvalue weighted by Crippen LogP contribution is -2.34. The third-order valence-corrected chi connectivity index (χ3v) is 6.04. The molecule has 0 radical (unpaired) electrons. The van der Waals surface area contributed by atoms with Gasteiger partial charge >= 0.3 is 0 Å². The summed E-state index contributed by atoms with van der Waals surface area (Å²) in [6, 6.07) is 3.98. The van der Waals surface area contributed by atoms with E-state index in [0.29, 0.717) is 23.3 Å². The summed E-state index contributed by atoms with van der Waals surface area (Å²) in [4.78, 5) is 1.04. The molecule has 6 heteroatoms. The molecule has 0 saturated carbocycles. The number of nitrogens with one attached hydrogen (secondary N) is 1. The summed E-state index contributed by atoms with van der Waals surface area (Å²) < 4.78 is 26.8. The lowest BCUT2D eigenvalue weighted by molar-refractivity contribution is 0.311. The van der Waals surface area contributed by atoms with Crippen LogP contribution in [0.2, 0.25) is 0 Å². The summed E-state index contributed by atoms with van der Waals surface area (Å²) >= 11 is 1.34. The van der Waals surface area contributed by atoms with Gasteiger partial charge < -0.3 is 5.32 Å². The first kappa shape index (κ1) is 17.6. The van der Waals surface area contributed by atoms with Gasteiger partial charge in [0.25, 0.3) is 10.0 Å². The molecule has 0 bridgehead atoms. The van der Waals surface area contributed by atoms with E-state index in [9.17, 15) is 8.42 Å².